The van der Waals surface area contributed by atoms with Crippen molar-refractivity contribution < 1.29 is 4.79 Å². The summed E-state index contributed by atoms with van der Waals surface area (Å²) < 4.78 is 0.856. The number of carbonyl (C=O) groups excluding carboxylic acids is 1. The highest BCUT2D eigenvalue weighted by Gasteiger charge is 2.18. The molecule has 106 valence electrons. The first-order valence-electron chi connectivity index (χ1n) is 6.00. The summed E-state index contributed by atoms with van der Waals surface area (Å²) in [5, 5.41) is 12.6. The fraction of sp³-hybridized carbons (Fsp3) is 0.333. The van der Waals surface area contributed by atoms with E-state index in [0.29, 0.717) is 12.2 Å². The van der Waals surface area contributed by atoms with E-state index in [0.717, 1.165) is 9.35 Å². The van der Waals surface area contributed by atoms with E-state index in [1.165, 1.54) is 18.3 Å². The third-order valence-corrected chi connectivity index (χ3v) is 4.51. The van der Waals surface area contributed by atoms with Gasteiger partial charge in [-0.3, -0.25) is 9.59 Å². The molecule has 1 amide bonds. The van der Waals surface area contributed by atoms with Crippen molar-refractivity contribution in [3.63, 3.8) is 0 Å². The van der Waals surface area contributed by atoms with Gasteiger partial charge in [-0.2, -0.15) is 0 Å². The number of rotatable bonds is 4. The van der Waals surface area contributed by atoms with Crippen molar-refractivity contribution in [2.75, 3.05) is 0 Å². The molecule has 0 radical (unpaired) electrons. The van der Waals surface area contributed by atoms with Gasteiger partial charge in [0.05, 0.1) is 10.9 Å². The Balaban J connectivity index is 2.37. The van der Waals surface area contributed by atoms with Crippen LogP contribution in [0.3, 0.4) is 0 Å². The lowest BCUT2D eigenvalue weighted by molar-refractivity contribution is -0.119. The predicted molar refractivity (Wildman–Crippen MR) is 80.5 cm³/mol. The average Bonchev–Trinajstić information content (AvgIpc) is 2.82. The predicted octanol–water partition coefficient (Wildman–Crippen LogP) is 2.24. The van der Waals surface area contributed by atoms with Crippen LogP contribution in [0.4, 0.5) is 0 Å². The summed E-state index contributed by atoms with van der Waals surface area (Å²) in [4.78, 5) is 26.7. The molecule has 8 heteroatoms. The summed E-state index contributed by atoms with van der Waals surface area (Å²) in [6.45, 7) is 3.27. The largest absolute Gasteiger partial charge is 0.348 e. The molecule has 2 N–H and O–H groups in total. The zero-order valence-electron chi connectivity index (χ0n) is 10.9. The van der Waals surface area contributed by atoms with E-state index in [1.54, 1.807) is 0 Å². The van der Waals surface area contributed by atoms with Gasteiger partial charge in [0.25, 0.3) is 5.56 Å². The van der Waals surface area contributed by atoms with E-state index in [4.69, 9.17) is 0 Å². The van der Waals surface area contributed by atoms with E-state index >= 15 is 0 Å². The molecule has 0 bridgehead atoms. The van der Waals surface area contributed by atoms with Crippen LogP contribution < -0.4 is 10.9 Å². The third-order valence-electron chi connectivity index (χ3n) is 2.67. The third kappa shape index (κ3) is 3.13. The normalized spacial score (nSPS) is 12.2. The van der Waals surface area contributed by atoms with Crippen LogP contribution in [0.5, 0.6) is 0 Å². The first-order chi connectivity index (χ1) is 9.52. The van der Waals surface area contributed by atoms with E-state index < -0.39 is 6.04 Å². The van der Waals surface area contributed by atoms with Gasteiger partial charge in [0.2, 0.25) is 5.91 Å². The van der Waals surface area contributed by atoms with Crippen molar-refractivity contribution in [3.05, 3.63) is 32.0 Å². The summed E-state index contributed by atoms with van der Waals surface area (Å²) in [7, 11) is 0. The van der Waals surface area contributed by atoms with Crippen molar-refractivity contribution in [2.24, 2.45) is 0 Å². The average molecular weight is 357 g/mol. The van der Waals surface area contributed by atoms with Crippen LogP contribution in [-0.4, -0.2) is 21.1 Å². The standard InChI is InChI=1S/C12H13BrN4O2S/c1-3-8(14-6(2)18)9-12(19)15-11(17-16-9)10-7(13)4-5-20-10/h4-5,8H,3H2,1-2H3,(H,14,18)(H,15,17,19). The van der Waals surface area contributed by atoms with Crippen LogP contribution in [0.2, 0.25) is 0 Å². The maximum absolute atomic E-state index is 12.1. The van der Waals surface area contributed by atoms with Crippen LogP contribution >= 0.6 is 27.3 Å². The van der Waals surface area contributed by atoms with E-state index in [9.17, 15) is 9.59 Å². The summed E-state index contributed by atoms with van der Waals surface area (Å²) in [5.74, 6) is 0.210. The van der Waals surface area contributed by atoms with Gasteiger partial charge in [0.15, 0.2) is 11.5 Å². The minimum Gasteiger partial charge on any atom is -0.348 e. The first-order valence-corrected chi connectivity index (χ1v) is 7.67. The number of aromatic nitrogens is 3. The molecule has 0 spiro atoms. The number of carbonyl (C=O) groups is 1. The maximum Gasteiger partial charge on any atom is 0.275 e. The lowest BCUT2D eigenvalue weighted by atomic mass is 10.1. The summed E-state index contributed by atoms with van der Waals surface area (Å²) in [6.07, 6.45) is 0.569. The molecular weight excluding hydrogens is 344 g/mol. The molecule has 1 atom stereocenters. The van der Waals surface area contributed by atoms with E-state index in [2.05, 4.69) is 36.4 Å². The molecule has 0 fully saturated rings. The van der Waals surface area contributed by atoms with Crippen molar-refractivity contribution in [3.8, 4) is 10.7 Å². The van der Waals surface area contributed by atoms with Crippen LogP contribution in [0.15, 0.2) is 20.7 Å². The fourth-order valence-corrected chi connectivity index (χ4v) is 3.25. The molecule has 0 aliphatic heterocycles. The Hall–Kier alpha value is -1.54. The second-order valence-electron chi connectivity index (χ2n) is 4.15. The van der Waals surface area contributed by atoms with Gasteiger partial charge in [-0.05, 0) is 33.8 Å². The Morgan fingerprint density at radius 1 is 1.55 bits per heavy atom. The van der Waals surface area contributed by atoms with Crippen molar-refractivity contribution in [1.29, 1.82) is 0 Å². The number of thiophene rings is 1. The van der Waals surface area contributed by atoms with Crippen LogP contribution in [0, 0.1) is 0 Å². The molecule has 2 aromatic heterocycles. The maximum atomic E-state index is 12.1. The molecule has 0 aliphatic rings. The molecule has 6 nitrogen and oxygen atoms in total. The first kappa shape index (κ1) is 14.9. The Morgan fingerprint density at radius 2 is 2.30 bits per heavy atom. The van der Waals surface area contributed by atoms with Crippen LogP contribution in [0.1, 0.15) is 32.0 Å². The second-order valence-corrected chi connectivity index (χ2v) is 5.92. The van der Waals surface area contributed by atoms with Gasteiger partial charge in [-0.1, -0.05) is 6.92 Å². The van der Waals surface area contributed by atoms with Gasteiger partial charge in [-0.15, -0.1) is 21.5 Å². The highest BCUT2D eigenvalue weighted by Crippen LogP contribution is 2.30. The van der Waals surface area contributed by atoms with Gasteiger partial charge in [0, 0.05) is 11.4 Å². The van der Waals surface area contributed by atoms with Crippen molar-refractivity contribution >= 4 is 33.2 Å². The van der Waals surface area contributed by atoms with Gasteiger partial charge in [-0.25, -0.2) is 0 Å². The number of amides is 1. The summed E-state index contributed by atoms with van der Waals surface area (Å²) in [5.41, 5.74) is -0.116. The lowest BCUT2D eigenvalue weighted by Gasteiger charge is -2.13. The Kier molecular flexibility index (Phi) is 4.66. The summed E-state index contributed by atoms with van der Waals surface area (Å²) in [6, 6.07) is 1.45. The number of H-pyrrole nitrogens is 1. The highest BCUT2D eigenvalue weighted by atomic mass is 79.9. The van der Waals surface area contributed by atoms with Crippen molar-refractivity contribution in [1.82, 2.24) is 20.5 Å². The Morgan fingerprint density at radius 3 is 2.80 bits per heavy atom. The molecule has 2 rings (SSSR count). The zero-order valence-corrected chi connectivity index (χ0v) is 13.3. The van der Waals surface area contributed by atoms with E-state index in [1.807, 2.05) is 18.4 Å². The summed E-state index contributed by atoms with van der Waals surface area (Å²) >= 11 is 4.84. The van der Waals surface area contributed by atoms with Gasteiger partial charge >= 0.3 is 0 Å². The molecule has 20 heavy (non-hydrogen) atoms. The molecule has 0 saturated heterocycles. The molecular formula is C12H13BrN4O2S. The Bertz CT molecular complexity index is 682. The molecule has 2 heterocycles. The monoisotopic (exact) mass is 356 g/mol. The van der Waals surface area contributed by atoms with Gasteiger partial charge in [0.1, 0.15) is 0 Å². The highest BCUT2D eigenvalue weighted by molar-refractivity contribution is 9.10. The minimum atomic E-state index is -0.426. The SMILES string of the molecule is CCC(NC(C)=O)c1nnc(-c2sccc2Br)[nH]c1=O. The van der Waals surface area contributed by atoms with Crippen LogP contribution in [0.25, 0.3) is 10.7 Å². The topological polar surface area (TPSA) is 87.7 Å². The molecule has 0 aromatic carbocycles. The number of hydrogen-bond acceptors (Lipinski definition) is 5. The zero-order chi connectivity index (χ0) is 14.7. The van der Waals surface area contributed by atoms with E-state index in [-0.39, 0.29) is 17.2 Å². The number of nitrogens with one attached hydrogen (secondary N) is 2. The molecule has 1 unspecified atom stereocenters. The molecule has 0 saturated carbocycles. The van der Waals surface area contributed by atoms with Crippen molar-refractivity contribution in [2.45, 2.75) is 26.3 Å². The fourth-order valence-electron chi connectivity index (χ4n) is 1.75. The second kappa shape index (κ2) is 6.27. The number of halogens is 1. The van der Waals surface area contributed by atoms with Crippen LogP contribution in [-0.2, 0) is 4.79 Å². The number of nitrogens with zero attached hydrogens (tertiary/aromatic N) is 2. The Labute approximate surface area is 127 Å². The minimum absolute atomic E-state index is 0.205. The smallest absolute Gasteiger partial charge is 0.275 e. The quantitative estimate of drug-likeness (QED) is 0.879. The molecule has 2 aromatic rings. The lowest BCUT2D eigenvalue weighted by Crippen LogP contribution is -2.32. The number of aromatic amines is 1. The van der Waals surface area contributed by atoms with Gasteiger partial charge < -0.3 is 10.3 Å². The number of hydrogen-bond donors (Lipinski definition) is 2. The molecule has 0 aliphatic carbocycles.